The van der Waals surface area contributed by atoms with Crippen molar-refractivity contribution < 1.29 is 4.74 Å². The Labute approximate surface area is 117 Å². The first-order valence-electron chi connectivity index (χ1n) is 6.53. The lowest BCUT2D eigenvalue weighted by Crippen LogP contribution is -2.47. The Bertz CT molecular complexity index is 371. The minimum atomic E-state index is 0.274. The quantitative estimate of drug-likeness (QED) is 0.775. The fraction of sp³-hybridized carbons (Fsp3) is 0.833. The standard InChI is InChI=1S/C12H21BrN4O/c1-3-4-17-12(14-9-15-17)8-16-6-10(2)18-11(5-13)7-16/h9-11H,3-8H2,1-2H3. The maximum atomic E-state index is 5.83. The molecule has 1 fully saturated rings. The molecule has 0 saturated carbocycles. The number of rotatable bonds is 5. The van der Waals surface area contributed by atoms with Gasteiger partial charge in [-0.3, -0.25) is 4.90 Å². The summed E-state index contributed by atoms with van der Waals surface area (Å²) in [5, 5.41) is 5.15. The Kier molecular flexibility index (Phi) is 5.14. The van der Waals surface area contributed by atoms with Crippen LogP contribution in [-0.2, 0) is 17.8 Å². The summed E-state index contributed by atoms with van der Waals surface area (Å²) in [6.07, 6.45) is 3.29. The first kappa shape index (κ1) is 14.0. The van der Waals surface area contributed by atoms with E-state index in [2.05, 4.69) is 44.8 Å². The van der Waals surface area contributed by atoms with Crippen LogP contribution in [-0.4, -0.2) is 50.3 Å². The first-order chi connectivity index (χ1) is 8.72. The maximum absolute atomic E-state index is 5.83. The molecule has 1 saturated heterocycles. The van der Waals surface area contributed by atoms with E-state index in [1.165, 1.54) is 0 Å². The van der Waals surface area contributed by atoms with Crippen molar-refractivity contribution in [2.75, 3.05) is 18.4 Å². The number of aromatic nitrogens is 3. The van der Waals surface area contributed by atoms with Gasteiger partial charge in [0.1, 0.15) is 12.2 Å². The van der Waals surface area contributed by atoms with Gasteiger partial charge in [0.05, 0.1) is 18.8 Å². The van der Waals surface area contributed by atoms with Crippen LogP contribution in [0.3, 0.4) is 0 Å². The molecule has 2 rings (SSSR count). The highest BCUT2D eigenvalue weighted by Crippen LogP contribution is 2.15. The molecule has 102 valence electrons. The molecule has 0 aliphatic carbocycles. The van der Waals surface area contributed by atoms with E-state index in [4.69, 9.17) is 4.74 Å². The molecule has 2 unspecified atom stereocenters. The van der Waals surface area contributed by atoms with Crippen LogP contribution in [0.1, 0.15) is 26.1 Å². The number of alkyl halides is 1. The van der Waals surface area contributed by atoms with Crippen LogP contribution in [0.25, 0.3) is 0 Å². The maximum Gasteiger partial charge on any atom is 0.141 e. The molecule has 0 bridgehead atoms. The van der Waals surface area contributed by atoms with E-state index in [1.54, 1.807) is 6.33 Å². The Hall–Kier alpha value is -0.460. The number of hydrogen-bond acceptors (Lipinski definition) is 4. The average molecular weight is 317 g/mol. The lowest BCUT2D eigenvalue weighted by Gasteiger charge is -2.35. The molecule has 1 aliphatic heterocycles. The summed E-state index contributed by atoms with van der Waals surface area (Å²) in [6.45, 7) is 7.99. The highest BCUT2D eigenvalue weighted by molar-refractivity contribution is 9.09. The number of halogens is 1. The van der Waals surface area contributed by atoms with Crippen LogP contribution < -0.4 is 0 Å². The smallest absolute Gasteiger partial charge is 0.141 e. The number of hydrogen-bond donors (Lipinski definition) is 0. The van der Waals surface area contributed by atoms with E-state index in [1.807, 2.05) is 4.68 Å². The molecule has 5 nitrogen and oxygen atoms in total. The van der Waals surface area contributed by atoms with E-state index >= 15 is 0 Å². The van der Waals surface area contributed by atoms with Crippen LogP contribution in [0.4, 0.5) is 0 Å². The zero-order valence-electron chi connectivity index (χ0n) is 11.0. The number of nitrogens with zero attached hydrogens (tertiary/aromatic N) is 4. The summed E-state index contributed by atoms with van der Waals surface area (Å²) < 4.78 is 7.83. The van der Waals surface area contributed by atoms with Gasteiger partial charge in [-0.15, -0.1) is 0 Å². The lowest BCUT2D eigenvalue weighted by molar-refractivity contribution is -0.0686. The molecule has 1 aliphatic rings. The fourth-order valence-corrected chi connectivity index (χ4v) is 2.72. The van der Waals surface area contributed by atoms with E-state index in [9.17, 15) is 0 Å². The molecule has 6 heteroatoms. The number of aryl methyl sites for hydroxylation is 1. The normalized spacial score (nSPS) is 25.5. The Morgan fingerprint density at radius 3 is 3.06 bits per heavy atom. The van der Waals surface area contributed by atoms with Gasteiger partial charge in [-0.05, 0) is 13.3 Å². The van der Waals surface area contributed by atoms with Gasteiger partial charge in [-0.25, -0.2) is 9.67 Å². The topological polar surface area (TPSA) is 43.2 Å². The van der Waals surface area contributed by atoms with Crippen molar-refractivity contribution >= 4 is 15.9 Å². The second-order valence-corrected chi connectivity index (χ2v) is 5.46. The summed E-state index contributed by atoms with van der Waals surface area (Å²) in [7, 11) is 0. The van der Waals surface area contributed by atoms with Crippen LogP contribution in [0, 0.1) is 0 Å². The zero-order chi connectivity index (χ0) is 13.0. The molecular formula is C12H21BrN4O. The minimum Gasteiger partial charge on any atom is -0.372 e. The van der Waals surface area contributed by atoms with Crippen molar-refractivity contribution in [2.45, 2.75) is 45.6 Å². The van der Waals surface area contributed by atoms with Gasteiger partial charge in [0.15, 0.2) is 0 Å². The molecule has 1 aromatic rings. The summed E-state index contributed by atoms with van der Waals surface area (Å²) in [5.74, 6) is 1.05. The Morgan fingerprint density at radius 1 is 1.50 bits per heavy atom. The molecule has 0 spiro atoms. The third-order valence-electron chi connectivity index (χ3n) is 3.07. The largest absolute Gasteiger partial charge is 0.372 e. The fourth-order valence-electron chi connectivity index (χ4n) is 2.36. The van der Waals surface area contributed by atoms with Crippen molar-refractivity contribution in [3.63, 3.8) is 0 Å². The zero-order valence-corrected chi connectivity index (χ0v) is 12.6. The van der Waals surface area contributed by atoms with Crippen molar-refractivity contribution in [1.82, 2.24) is 19.7 Å². The average Bonchev–Trinajstić information content (AvgIpc) is 2.76. The van der Waals surface area contributed by atoms with Gasteiger partial charge in [-0.2, -0.15) is 5.10 Å². The number of ether oxygens (including phenoxy) is 1. The van der Waals surface area contributed by atoms with Crippen LogP contribution in [0.15, 0.2) is 6.33 Å². The SMILES string of the molecule is CCCn1ncnc1CN1CC(C)OC(CBr)C1. The predicted octanol–water partition coefficient (Wildman–Crippen LogP) is 1.67. The van der Waals surface area contributed by atoms with Gasteiger partial charge in [-0.1, -0.05) is 22.9 Å². The third-order valence-corrected chi connectivity index (χ3v) is 3.79. The second-order valence-electron chi connectivity index (χ2n) is 4.82. The van der Waals surface area contributed by atoms with Gasteiger partial charge >= 0.3 is 0 Å². The first-order valence-corrected chi connectivity index (χ1v) is 7.65. The van der Waals surface area contributed by atoms with Crippen molar-refractivity contribution in [3.8, 4) is 0 Å². The van der Waals surface area contributed by atoms with Crippen molar-refractivity contribution in [2.24, 2.45) is 0 Å². The number of morpholine rings is 1. The van der Waals surface area contributed by atoms with Gasteiger partial charge in [0, 0.05) is 25.0 Å². The highest BCUT2D eigenvalue weighted by atomic mass is 79.9. The minimum absolute atomic E-state index is 0.274. The van der Waals surface area contributed by atoms with Gasteiger partial charge < -0.3 is 4.74 Å². The summed E-state index contributed by atoms with van der Waals surface area (Å²) in [5.41, 5.74) is 0. The van der Waals surface area contributed by atoms with Crippen LogP contribution >= 0.6 is 15.9 Å². The van der Waals surface area contributed by atoms with Gasteiger partial charge in [0.25, 0.3) is 0 Å². The van der Waals surface area contributed by atoms with E-state index in [0.29, 0.717) is 0 Å². The molecule has 2 heterocycles. The monoisotopic (exact) mass is 316 g/mol. The van der Waals surface area contributed by atoms with E-state index < -0.39 is 0 Å². The summed E-state index contributed by atoms with van der Waals surface area (Å²) >= 11 is 3.50. The summed E-state index contributed by atoms with van der Waals surface area (Å²) in [4.78, 5) is 6.76. The summed E-state index contributed by atoms with van der Waals surface area (Å²) in [6, 6.07) is 0. The molecule has 0 amide bonds. The molecular weight excluding hydrogens is 296 g/mol. The van der Waals surface area contributed by atoms with Crippen LogP contribution in [0.2, 0.25) is 0 Å². The molecule has 0 aromatic carbocycles. The molecule has 0 radical (unpaired) electrons. The Balaban J connectivity index is 1.97. The lowest BCUT2D eigenvalue weighted by atomic mass is 10.2. The predicted molar refractivity (Wildman–Crippen MR) is 73.7 cm³/mol. The molecule has 1 aromatic heterocycles. The molecule has 0 N–H and O–H groups in total. The Morgan fingerprint density at radius 2 is 2.33 bits per heavy atom. The van der Waals surface area contributed by atoms with Gasteiger partial charge in [0.2, 0.25) is 0 Å². The highest BCUT2D eigenvalue weighted by Gasteiger charge is 2.25. The molecule has 2 atom stereocenters. The van der Waals surface area contributed by atoms with Crippen LogP contribution in [0.5, 0.6) is 0 Å². The van der Waals surface area contributed by atoms with Crippen molar-refractivity contribution in [1.29, 1.82) is 0 Å². The van der Waals surface area contributed by atoms with Crippen molar-refractivity contribution in [3.05, 3.63) is 12.2 Å². The third kappa shape index (κ3) is 3.52. The molecule has 18 heavy (non-hydrogen) atoms. The second kappa shape index (κ2) is 6.63. The van der Waals surface area contributed by atoms with E-state index in [-0.39, 0.29) is 12.2 Å². The van der Waals surface area contributed by atoms with E-state index in [0.717, 1.165) is 43.8 Å².